The van der Waals surface area contributed by atoms with E-state index in [1.165, 1.54) is 0 Å². The van der Waals surface area contributed by atoms with Crippen LogP contribution in [0.4, 0.5) is 16.3 Å². The van der Waals surface area contributed by atoms with Crippen molar-refractivity contribution < 1.29 is 9.59 Å². The maximum absolute atomic E-state index is 12.6. The number of carbonyl (C=O) groups is 2. The van der Waals surface area contributed by atoms with E-state index < -0.39 is 11.9 Å². The molecule has 8 heteroatoms. The first-order chi connectivity index (χ1) is 14.1. The predicted octanol–water partition coefficient (Wildman–Crippen LogP) is 4.50. The van der Waals surface area contributed by atoms with Crippen LogP contribution >= 0.6 is 11.6 Å². The van der Waals surface area contributed by atoms with Gasteiger partial charge < -0.3 is 11.1 Å². The fourth-order valence-electron chi connectivity index (χ4n) is 2.84. The summed E-state index contributed by atoms with van der Waals surface area (Å²) in [6.45, 7) is 6.13. The van der Waals surface area contributed by atoms with Gasteiger partial charge in [-0.1, -0.05) is 44.5 Å². The predicted molar refractivity (Wildman–Crippen MR) is 119 cm³/mol. The molecule has 0 saturated heterocycles. The Morgan fingerprint density at radius 2 is 1.77 bits per heavy atom. The summed E-state index contributed by atoms with van der Waals surface area (Å²) in [5.74, 6) is 0.0892. The first-order valence-electron chi connectivity index (χ1n) is 9.43. The van der Waals surface area contributed by atoms with E-state index in [2.05, 4.69) is 15.7 Å². The molecule has 0 unspecified atom stereocenters. The Morgan fingerprint density at radius 3 is 2.40 bits per heavy atom. The normalized spacial score (nSPS) is 11.2. The minimum absolute atomic E-state index is 0.126. The number of hydrogen-bond donors (Lipinski definition) is 3. The summed E-state index contributed by atoms with van der Waals surface area (Å²) in [6.07, 6.45) is 0.126. The van der Waals surface area contributed by atoms with E-state index in [-0.39, 0.29) is 11.8 Å². The van der Waals surface area contributed by atoms with Crippen molar-refractivity contribution in [2.24, 2.45) is 5.73 Å². The summed E-state index contributed by atoms with van der Waals surface area (Å²) in [7, 11) is 0. The number of nitrogens with one attached hydrogen (secondary N) is 2. The van der Waals surface area contributed by atoms with Crippen LogP contribution in [0.1, 0.15) is 32.0 Å². The number of urea groups is 1. The van der Waals surface area contributed by atoms with Gasteiger partial charge in [-0.3, -0.25) is 10.1 Å². The number of anilines is 2. The Hall–Kier alpha value is -3.32. The molecule has 0 saturated carbocycles. The number of hydrogen-bond acceptors (Lipinski definition) is 3. The van der Waals surface area contributed by atoms with E-state index >= 15 is 0 Å². The van der Waals surface area contributed by atoms with Crippen molar-refractivity contribution in [3.05, 3.63) is 70.9 Å². The lowest BCUT2D eigenvalue weighted by atomic mass is 9.92. The summed E-state index contributed by atoms with van der Waals surface area (Å²) in [5.41, 5.74) is 8.00. The number of nitrogens with two attached hydrogens (primary N) is 1. The quantitative estimate of drug-likeness (QED) is 0.561. The second-order valence-corrected chi connectivity index (χ2v) is 8.41. The van der Waals surface area contributed by atoms with Gasteiger partial charge in [-0.25, -0.2) is 9.48 Å². The van der Waals surface area contributed by atoms with Gasteiger partial charge in [0.15, 0.2) is 0 Å². The van der Waals surface area contributed by atoms with Crippen LogP contribution in [-0.4, -0.2) is 21.7 Å². The number of aromatic nitrogens is 2. The zero-order valence-electron chi connectivity index (χ0n) is 17.1. The molecule has 7 nitrogen and oxygen atoms in total. The number of carbonyl (C=O) groups excluding carboxylic acids is 2. The lowest BCUT2D eigenvalue weighted by molar-refractivity contribution is -0.117. The van der Waals surface area contributed by atoms with Crippen molar-refractivity contribution in [3.63, 3.8) is 0 Å². The Labute approximate surface area is 180 Å². The average molecular weight is 426 g/mol. The fourth-order valence-corrected chi connectivity index (χ4v) is 2.97. The summed E-state index contributed by atoms with van der Waals surface area (Å²) in [4.78, 5) is 23.8. The van der Waals surface area contributed by atoms with E-state index in [9.17, 15) is 9.59 Å². The highest BCUT2D eigenvalue weighted by molar-refractivity contribution is 6.30. The number of rotatable bonds is 5. The summed E-state index contributed by atoms with van der Waals surface area (Å²) in [6, 6.07) is 15.6. The molecule has 0 bridgehead atoms. The van der Waals surface area contributed by atoms with Crippen molar-refractivity contribution in [2.75, 3.05) is 10.6 Å². The van der Waals surface area contributed by atoms with Crippen LogP contribution in [0.2, 0.25) is 5.02 Å². The Bertz CT molecular complexity index is 1070. The van der Waals surface area contributed by atoms with Crippen LogP contribution in [0.5, 0.6) is 0 Å². The Balaban J connectivity index is 1.91. The minimum Gasteiger partial charge on any atom is -0.369 e. The molecule has 0 aliphatic carbocycles. The van der Waals surface area contributed by atoms with Gasteiger partial charge in [-0.05, 0) is 42.0 Å². The van der Waals surface area contributed by atoms with Gasteiger partial charge in [0.1, 0.15) is 5.82 Å². The summed E-state index contributed by atoms with van der Waals surface area (Å²) >= 11 is 5.89. The van der Waals surface area contributed by atoms with Crippen LogP contribution in [-0.2, 0) is 16.6 Å². The zero-order chi connectivity index (χ0) is 21.9. The van der Waals surface area contributed by atoms with Gasteiger partial charge in [0, 0.05) is 22.2 Å². The van der Waals surface area contributed by atoms with E-state index in [1.54, 1.807) is 28.9 Å². The third-order valence-corrected chi connectivity index (χ3v) is 4.61. The topological polar surface area (TPSA) is 102 Å². The SMILES string of the molecule is CC(C)(C)c1cc(NC(=O)Nc2ccc(Cl)cc2)n(-c2cccc(CC(N)=O)c2)n1. The molecule has 30 heavy (non-hydrogen) atoms. The van der Waals surface area contributed by atoms with Crippen molar-refractivity contribution >= 4 is 35.0 Å². The summed E-state index contributed by atoms with van der Waals surface area (Å²) in [5, 5.41) is 10.9. The number of nitrogens with zero attached hydrogens (tertiary/aromatic N) is 2. The molecule has 0 fully saturated rings. The molecule has 2 aromatic carbocycles. The van der Waals surface area contributed by atoms with Gasteiger partial charge >= 0.3 is 6.03 Å². The van der Waals surface area contributed by atoms with Gasteiger partial charge in [0.2, 0.25) is 5.91 Å². The van der Waals surface area contributed by atoms with Crippen LogP contribution < -0.4 is 16.4 Å². The van der Waals surface area contributed by atoms with E-state index in [0.717, 1.165) is 11.3 Å². The molecule has 1 heterocycles. The Kier molecular flexibility index (Phi) is 6.12. The lowest BCUT2D eigenvalue weighted by Gasteiger charge is -2.14. The number of benzene rings is 2. The molecule has 3 aromatic rings. The molecule has 4 N–H and O–H groups in total. The molecule has 0 radical (unpaired) electrons. The largest absolute Gasteiger partial charge is 0.369 e. The first-order valence-corrected chi connectivity index (χ1v) is 9.81. The van der Waals surface area contributed by atoms with Crippen molar-refractivity contribution in [3.8, 4) is 5.69 Å². The van der Waals surface area contributed by atoms with Crippen LogP contribution in [0, 0.1) is 0 Å². The molecule has 0 aliphatic rings. The zero-order valence-corrected chi connectivity index (χ0v) is 17.8. The molecule has 0 atom stereocenters. The second-order valence-electron chi connectivity index (χ2n) is 7.98. The molecule has 3 amide bonds. The van der Waals surface area contributed by atoms with Gasteiger partial charge in [0.25, 0.3) is 0 Å². The first kappa shape index (κ1) is 21.4. The van der Waals surface area contributed by atoms with Crippen LogP contribution in [0.15, 0.2) is 54.6 Å². The fraction of sp³-hybridized carbons (Fsp3) is 0.227. The highest BCUT2D eigenvalue weighted by Gasteiger charge is 2.21. The maximum Gasteiger partial charge on any atom is 0.324 e. The molecule has 0 spiro atoms. The molecular weight excluding hydrogens is 402 g/mol. The monoisotopic (exact) mass is 425 g/mol. The van der Waals surface area contributed by atoms with Gasteiger partial charge in [-0.15, -0.1) is 0 Å². The third kappa shape index (κ3) is 5.39. The summed E-state index contributed by atoms with van der Waals surface area (Å²) < 4.78 is 1.65. The molecule has 156 valence electrons. The minimum atomic E-state index is -0.413. The highest BCUT2D eigenvalue weighted by Crippen LogP contribution is 2.27. The van der Waals surface area contributed by atoms with Crippen molar-refractivity contribution in [1.29, 1.82) is 0 Å². The molecule has 3 rings (SSSR count). The van der Waals surface area contributed by atoms with Crippen LogP contribution in [0.3, 0.4) is 0 Å². The van der Waals surface area contributed by atoms with E-state index in [0.29, 0.717) is 22.2 Å². The standard InChI is InChI=1S/C22H24ClN5O2/c1-22(2,3)18-13-20(26-21(30)25-16-9-7-15(23)8-10-16)28(27-18)17-6-4-5-14(11-17)12-19(24)29/h4-11,13H,12H2,1-3H3,(H2,24,29)(H2,25,26,30). The smallest absolute Gasteiger partial charge is 0.324 e. The second kappa shape index (κ2) is 8.59. The van der Waals surface area contributed by atoms with Crippen molar-refractivity contribution in [2.45, 2.75) is 32.6 Å². The van der Waals surface area contributed by atoms with E-state index in [4.69, 9.17) is 17.3 Å². The van der Waals surface area contributed by atoms with Gasteiger partial charge in [-0.2, -0.15) is 5.10 Å². The van der Waals surface area contributed by atoms with Crippen molar-refractivity contribution in [1.82, 2.24) is 9.78 Å². The number of primary amides is 1. The molecule has 0 aliphatic heterocycles. The average Bonchev–Trinajstić information content (AvgIpc) is 3.07. The Morgan fingerprint density at radius 1 is 1.07 bits per heavy atom. The third-order valence-electron chi connectivity index (χ3n) is 4.35. The number of halogens is 1. The van der Waals surface area contributed by atoms with Crippen LogP contribution in [0.25, 0.3) is 5.69 Å². The lowest BCUT2D eigenvalue weighted by Crippen LogP contribution is -2.21. The molecular formula is C22H24ClN5O2. The molecule has 1 aromatic heterocycles. The van der Waals surface area contributed by atoms with Gasteiger partial charge in [0.05, 0.1) is 17.8 Å². The maximum atomic E-state index is 12.6. The van der Waals surface area contributed by atoms with E-state index in [1.807, 2.05) is 51.1 Å². The number of amides is 3. The highest BCUT2D eigenvalue weighted by atomic mass is 35.5.